The number of hydrogen-bond acceptors (Lipinski definition) is 6. The van der Waals surface area contributed by atoms with Crippen LogP contribution in [0.5, 0.6) is 0 Å². The van der Waals surface area contributed by atoms with Crippen LogP contribution >= 0.6 is 0 Å². The van der Waals surface area contributed by atoms with Crippen LogP contribution in [0.15, 0.2) is 0 Å². The second-order valence-electron chi connectivity index (χ2n) is 3.35. The van der Waals surface area contributed by atoms with Crippen LogP contribution in [0.25, 0.3) is 0 Å². The van der Waals surface area contributed by atoms with Crippen molar-refractivity contribution in [3.05, 3.63) is 0 Å². The fraction of sp³-hybridized carbons (Fsp3) is 0.556. The van der Waals surface area contributed by atoms with Gasteiger partial charge in [-0.15, -0.1) is 0 Å². The molecular formula is C9H16N4O4. The molecule has 6 N–H and O–H groups in total. The van der Waals surface area contributed by atoms with Crippen LogP contribution in [-0.4, -0.2) is 36.3 Å². The lowest BCUT2D eigenvalue weighted by Crippen LogP contribution is -2.36. The summed E-state index contributed by atoms with van der Waals surface area (Å²) in [4.78, 5) is 32.5. The van der Waals surface area contributed by atoms with Crippen molar-refractivity contribution in [3.63, 3.8) is 0 Å². The van der Waals surface area contributed by atoms with E-state index in [1.807, 2.05) is 0 Å². The number of guanidine groups is 1. The summed E-state index contributed by atoms with van der Waals surface area (Å²) in [6.07, 6.45) is 0.731. The molecule has 0 aromatic carbocycles. The summed E-state index contributed by atoms with van der Waals surface area (Å²) >= 11 is 0. The number of ether oxygens (including phenoxy) is 1. The summed E-state index contributed by atoms with van der Waals surface area (Å²) in [5, 5.41) is 9.40. The molecule has 0 aliphatic carbocycles. The Hall–Kier alpha value is -1.96. The minimum absolute atomic E-state index is 0.173. The van der Waals surface area contributed by atoms with Gasteiger partial charge >= 0.3 is 11.9 Å². The molecule has 0 fully saturated rings. The molecule has 0 aromatic heterocycles. The Labute approximate surface area is 98.2 Å². The molecule has 96 valence electrons. The minimum Gasteiger partial charge on any atom is -0.386 e. The maximum atomic E-state index is 11.2. The van der Waals surface area contributed by atoms with E-state index in [-0.39, 0.29) is 12.4 Å². The average Bonchev–Trinajstić information content (AvgIpc) is 2.23. The second kappa shape index (κ2) is 7.34. The molecule has 0 spiro atoms. The van der Waals surface area contributed by atoms with Gasteiger partial charge in [0, 0.05) is 13.5 Å². The van der Waals surface area contributed by atoms with Gasteiger partial charge in [-0.2, -0.15) is 0 Å². The third-order valence-corrected chi connectivity index (χ3v) is 1.79. The molecule has 0 aliphatic rings. The van der Waals surface area contributed by atoms with Crippen LogP contribution in [0.4, 0.5) is 0 Å². The van der Waals surface area contributed by atoms with Crippen molar-refractivity contribution in [3.8, 4) is 0 Å². The summed E-state index contributed by atoms with van der Waals surface area (Å²) < 4.78 is 4.21. The quantitative estimate of drug-likeness (QED) is 0.108. The van der Waals surface area contributed by atoms with Crippen molar-refractivity contribution in [1.82, 2.24) is 5.32 Å². The Balaban J connectivity index is 3.86. The van der Waals surface area contributed by atoms with E-state index in [0.29, 0.717) is 13.0 Å². The lowest BCUT2D eigenvalue weighted by atomic mass is 10.2. The highest BCUT2D eigenvalue weighted by molar-refractivity contribution is 6.34. The molecule has 0 unspecified atom stereocenters. The molecular weight excluding hydrogens is 228 g/mol. The van der Waals surface area contributed by atoms with Gasteiger partial charge in [-0.05, 0) is 12.8 Å². The zero-order chi connectivity index (χ0) is 13.4. The minimum atomic E-state index is -1.22. The molecule has 17 heavy (non-hydrogen) atoms. The van der Waals surface area contributed by atoms with E-state index < -0.39 is 23.8 Å². The highest BCUT2D eigenvalue weighted by Crippen LogP contribution is 1.97. The molecule has 0 aliphatic heterocycles. The molecule has 0 saturated heterocycles. The predicted octanol–water partition coefficient (Wildman–Crippen LogP) is -1.76. The van der Waals surface area contributed by atoms with Crippen molar-refractivity contribution in [1.29, 1.82) is 5.41 Å². The number of hydrogen-bond donors (Lipinski definition) is 4. The summed E-state index contributed by atoms with van der Waals surface area (Å²) in [5.41, 5.74) is 10.5. The number of ketones is 1. The van der Waals surface area contributed by atoms with Crippen molar-refractivity contribution >= 4 is 23.7 Å². The van der Waals surface area contributed by atoms with E-state index in [0.717, 1.165) is 6.92 Å². The van der Waals surface area contributed by atoms with E-state index in [1.54, 1.807) is 0 Å². The highest BCUT2D eigenvalue weighted by Gasteiger charge is 2.20. The normalized spacial score (nSPS) is 11.4. The molecule has 0 heterocycles. The molecule has 0 amide bonds. The molecule has 0 saturated carbocycles. The van der Waals surface area contributed by atoms with Gasteiger partial charge in [0.1, 0.15) is 6.04 Å². The van der Waals surface area contributed by atoms with E-state index >= 15 is 0 Å². The van der Waals surface area contributed by atoms with Gasteiger partial charge in [-0.1, -0.05) is 0 Å². The standard InChI is InChI=1S/C9H16N4O4/c1-5(14)7(15)17-8(16)6(10)3-2-4-13-9(11)12/h6H,2-4,10H2,1H3,(H4,11,12,13)/t6-/m0/s1. The Morgan fingerprint density at radius 1 is 1.41 bits per heavy atom. The van der Waals surface area contributed by atoms with E-state index in [1.165, 1.54) is 0 Å². The summed E-state index contributed by atoms with van der Waals surface area (Å²) in [7, 11) is 0. The van der Waals surface area contributed by atoms with Gasteiger partial charge in [0.15, 0.2) is 5.96 Å². The van der Waals surface area contributed by atoms with Crippen molar-refractivity contribution < 1.29 is 19.1 Å². The van der Waals surface area contributed by atoms with E-state index in [2.05, 4.69) is 10.1 Å². The van der Waals surface area contributed by atoms with Gasteiger partial charge in [0.25, 0.3) is 0 Å². The summed E-state index contributed by atoms with van der Waals surface area (Å²) in [6, 6.07) is -0.980. The van der Waals surface area contributed by atoms with E-state index in [9.17, 15) is 14.4 Å². The topological polar surface area (TPSA) is 148 Å². The zero-order valence-corrected chi connectivity index (χ0v) is 9.49. The fourth-order valence-corrected chi connectivity index (χ4v) is 0.902. The first-order chi connectivity index (χ1) is 7.84. The molecule has 1 atom stereocenters. The van der Waals surface area contributed by atoms with Crippen LogP contribution in [-0.2, 0) is 19.1 Å². The number of esters is 2. The Morgan fingerprint density at radius 2 is 2.00 bits per heavy atom. The van der Waals surface area contributed by atoms with Crippen molar-refractivity contribution in [2.24, 2.45) is 11.5 Å². The first-order valence-electron chi connectivity index (χ1n) is 4.94. The smallest absolute Gasteiger partial charge is 0.381 e. The van der Waals surface area contributed by atoms with Gasteiger partial charge in [-0.25, -0.2) is 9.59 Å². The summed E-state index contributed by atoms with van der Waals surface area (Å²) in [6.45, 7) is 1.38. The molecule has 8 nitrogen and oxygen atoms in total. The Kier molecular flexibility index (Phi) is 6.49. The second-order valence-corrected chi connectivity index (χ2v) is 3.35. The van der Waals surface area contributed by atoms with Crippen LogP contribution in [0.2, 0.25) is 0 Å². The lowest BCUT2D eigenvalue weighted by molar-refractivity contribution is -0.164. The van der Waals surface area contributed by atoms with Crippen LogP contribution in [0.1, 0.15) is 19.8 Å². The monoisotopic (exact) mass is 244 g/mol. The first-order valence-corrected chi connectivity index (χ1v) is 4.94. The number of nitrogens with one attached hydrogen (secondary N) is 2. The number of carbonyl (C=O) groups is 3. The molecule has 0 bridgehead atoms. The molecule has 8 heteroatoms. The SMILES string of the molecule is CC(=O)C(=O)OC(=O)[C@@H](N)CCCNC(=N)N. The van der Waals surface area contributed by atoms with Crippen LogP contribution < -0.4 is 16.8 Å². The molecule has 0 aromatic rings. The van der Waals surface area contributed by atoms with Gasteiger partial charge in [-0.3, -0.25) is 10.2 Å². The fourth-order valence-electron chi connectivity index (χ4n) is 0.902. The lowest BCUT2D eigenvalue weighted by Gasteiger charge is -2.09. The van der Waals surface area contributed by atoms with E-state index in [4.69, 9.17) is 16.9 Å². The van der Waals surface area contributed by atoms with Gasteiger partial charge in [0.2, 0.25) is 5.78 Å². The maximum Gasteiger partial charge on any atom is 0.381 e. The average molecular weight is 244 g/mol. The summed E-state index contributed by atoms with van der Waals surface area (Å²) in [5.74, 6) is -3.18. The highest BCUT2D eigenvalue weighted by atomic mass is 16.6. The molecule has 0 radical (unpaired) electrons. The van der Waals surface area contributed by atoms with Gasteiger partial charge in [0.05, 0.1) is 0 Å². The Bertz CT molecular complexity index is 329. The van der Waals surface area contributed by atoms with Gasteiger partial charge < -0.3 is 21.5 Å². The third kappa shape index (κ3) is 7.01. The largest absolute Gasteiger partial charge is 0.386 e. The predicted molar refractivity (Wildman–Crippen MR) is 58.9 cm³/mol. The Morgan fingerprint density at radius 3 is 2.47 bits per heavy atom. The maximum absolute atomic E-state index is 11.2. The first kappa shape index (κ1) is 15.0. The number of rotatable bonds is 6. The van der Waals surface area contributed by atoms with Crippen molar-refractivity contribution in [2.75, 3.05) is 6.54 Å². The van der Waals surface area contributed by atoms with Crippen LogP contribution in [0.3, 0.4) is 0 Å². The van der Waals surface area contributed by atoms with Crippen molar-refractivity contribution in [2.45, 2.75) is 25.8 Å². The third-order valence-electron chi connectivity index (χ3n) is 1.79. The van der Waals surface area contributed by atoms with Crippen LogP contribution in [0, 0.1) is 5.41 Å². The number of nitrogens with two attached hydrogens (primary N) is 2. The number of Topliss-reactive ketones (excluding diaryl/α,β-unsaturated/α-hetero) is 1. The zero-order valence-electron chi connectivity index (χ0n) is 9.49. The molecule has 0 rings (SSSR count). The number of carbonyl (C=O) groups excluding carboxylic acids is 3.